The molecule has 2 amide bonds. The number of amides is 2. The molecule has 6 heteroatoms. The number of ether oxygens (including phenoxy) is 1. The van der Waals surface area contributed by atoms with Gasteiger partial charge in [0.1, 0.15) is 11.3 Å². The third-order valence-corrected chi connectivity index (χ3v) is 5.71. The van der Waals surface area contributed by atoms with Crippen molar-refractivity contribution in [1.82, 2.24) is 9.80 Å². The highest BCUT2D eigenvalue weighted by atomic mass is 35.5. The van der Waals surface area contributed by atoms with Crippen LogP contribution in [0.1, 0.15) is 56.3 Å². The van der Waals surface area contributed by atoms with Crippen molar-refractivity contribution >= 4 is 23.4 Å². The first-order chi connectivity index (χ1) is 12.5. The standard InChI is InChI=1S/C20H27ClN2O3/c1-3-11-22-12-5-9-20(19(22)25)10-6-13-23(20)18(24)15-7-8-17(26-4-2)16(21)14-15/h7-8,14H,3-6,9-13H2,1-2H3. The van der Waals surface area contributed by atoms with E-state index in [9.17, 15) is 9.59 Å². The van der Waals surface area contributed by atoms with Gasteiger partial charge in [-0.25, -0.2) is 0 Å². The van der Waals surface area contributed by atoms with Gasteiger partial charge < -0.3 is 14.5 Å². The maximum absolute atomic E-state index is 13.2. The molecule has 0 aromatic heterocycles. The SMILES string of the molecule is CCCN1CCCC2(CCCN2C(=O)c2ccc(OCC)c(Cl)c2)C1=O. The monoisotopic (exact) mass is 378 g/mol. The topological polar surface area (TPSA) is 49.9 Å². The molecule has 5 nitrogen and oxygen atoms in total. The second-order valence-corrected chi connectivity index (χ2v) is 7.47. The summed E-state index contributed by atoms with van der Waals surface area (Å²) in [6, 6.07) is 5.12. The number of carbonyl (C=O) groups is 2. The van der Waals surface area contributed by atoms with Crippen LogP contribution in [0.4, 0.5) is 0 Å². The Morgan fingerprint density at radius 1 is 1.23 bits per heavy atom. The highest BCUT2D eigenvalue weighted by molar-refractivity contribution is 6.32. The van der Waals surface area contributed by atoms with Crippen molar-refractivity contribution in [3.05, 3.63) is 28.8 Å². The van der Waals surface area contributed by atoms with E-state index in [-0.39, 0.29) is 11.8 Å². The summed E-state index contributed by atoms with van der Waals surface area (Å²) in [5.41, 5.74) is -0.157. The van der Waals surface area contributed by atoms with Crippen LogP contribution >= 0.6 is 11.6 Å². The normalized spacial score (nSPS) is 23.0. The molecule has 2 heterocycles. The molecule has 1 unspecified atom stereocenters. The molecule has 0 N–H and O–H groups in total. The summed E-state index contributed by atoms with van der Waals surface area (Å²) in [5, 5.41) is 0.425. The number of halogens is 1. The van der Waals surface area contributed by atoms with Crippen LogP contribution in [0.2, 0.25) is 5.02 Å². The van der Waals surface area contributed by atoms with Crippen LogP contribution in [0.3, 0.4) is 0 Å². The lowest BCUT2D eigenvalue weighted by Crippen LogP contribution is -2.61. The summed E-state index contributed by atoms with van der Waals surface area (Å²) < 4.78 is 5.45. The van der Waals surface area contributed by atoms with Crippen LogP contribution in [0.15, 0.2) is 18.2 Å². The Kier molecular flexibility index (Phi) is 5.76. The van der Waals surface area contributed by atoms with Gasteiger partial charge in [0, 0.05) is 25.2 Å². The molecule has 3 rings (SSSR count). The van der Waals surface area contributed by atoms with Gasteiger partial charge >= 0.3 is 0 Å². The van der Waals surface area contributed by atoms with Crippen LogP contribution in [-0.2, 0) is 4.79 Å². The van der Waals surface area contributed by atoms with Gasteiger partial charge in [-0.1, -0.05) is 18.5 Å². The lowest BCUT2D eigenvalue weighted by atomic mass is 9.85. The lowest BCUT2D eigenvalue weighted by molar-refractivity contribution is -0.145. The van der Waals surface area contributed by atoms with E-state index in [2.05, 4.69) is 6.92 Å². The fraction of sp³-hybridized carbons (Fsp3) is 0.600. The summed E-state index contributed by atoms with van der Waals surface area (Å²) in [6.07, 6.45) is 4.25. The molecule has 0 aliphatic carbocycles. The van der Waals surface area contributed by atoms with Crippen LogP contribution in [0.25, 0.3) is 0 Å². The van der Waals surface area contributed by atoms with Gasteiger partial charge in [-0.05, 0) is 57.2 Å². The Bertz CT molecular complexity index is 692. The molecule has 1 aromatic carbocycles. The van der Waals surface area contributed by atoms with E-state index in [4.69, 9.17) is 16.3 Å². The van der Waals surface area contributed by atoms with Crippen LogP contribution in [0, 0.1) is 0 Å². The number of piperidine rings is 1. The molecular formula is C20H27ClN2O3. The highest BCUT2D eigenvalue weighted by Crippen LogP contribution is 2.39. The first-order valence-corrected chi connectivity index (χ1v) is 9.95. The van der Waals surface area contributed by atoms with Crippen molar-refractivity contribution in [2.45, 2.75) is 51.5 Å². The molecule has 2 aliphatic rings. The summed E-state index contributed by atoms with van der Waals surface area (Å²) in [7, 11) is 0. The summed E-state index contributed by atoms with van der Waals surface area (Å²) in [5.74, 6) is 0.581. The summed E-state index contributed by atoms with van der Waals surface area (Å²) in [4.78, 5) is 30.1. The maximum atomic E-state index is 13.2. The molecule has 0 bridgehead atoms. The Morgan fingerprint density at radius 3 is 2.62 bits per heavy atom. The number of rotatable bonds is 5. The van der Waals surface area contributed by atoms with Crippen molar-refractivity contribution in [2.75, 3.05) is 26.2 Å². The average Bonchev–Trinajstić information content (AvgIpc) is 3.05. The van der Waals surface area contributed by atoms with Crippen LogP contribution < -0.4 is 4.74 Å². The van der Waals surface area contributed by atoms with Gasteiger partial charge in [0.25, 0.3) is 5.91 Å². The molecule has 2 fully saturated rings. The van der Waals surface area contributed by atoms with Crippen molar-refractivity contribution in [2.24, 2.45) is 0 Å². The van der Waals surface area contributed by atoms with E-state index in [1.54, 1.807) is 23.1 Å². The average molecular weight is 379 g/mol. The highest BCUT2D eigenvalue weighted by Gasteiger charge is 2.52. The molecule has 0 radical (unpaired) electrons. The number of nitrogens with zero attached hydrogens (tertiary/aromatic N) is 2. The molecular weight excluding hydrogens is 352 g/mol. The van der Waals surface area contributed by atoms with Gasteiger partial charge in [-0.2, -0.15) is 0 Å². The Hall–Kier alpha value is -1.75. The first kappa shape index (κ1) is 19.0. The van der Waals surface area contributed by atoms with E-state index in [1.165, 1.54) is 0 Å². The van der Waals surface area contributed by atoms with Crippen molar-refractivity contribution < 1.29 is 14.3 Å². The van der Waals surface area contributed by atoms with Gasteiger partial charge in [-0.3, -0.25) is 9.59 Å². The Labute approximate surface area is 160 Å². The van der Waals surface area contributed by atoms with Gasteiger partial charge in [0.2, 0.25) is 5.91 Å². The zero-order valence-electron chi connectivity index (χ0n) is 15.6. The fourth-order valence-electron chi connectivity index (χ4n) is 4.27. The minimum atomic E-state index is -0.671. The minimum Gasteiger partial charge on any atom is -0.492 e. The first-order valence-electron chi connectivity index (χ1n) is 9.57. The summed E-state index contributed by atoms with van der Waals surface area (Å²) in [6.45, 7) is 6.66. The lowest BCUT2D eigenvalue weighted by Gasteiger charge is -2.44. The smallest absolute Gasteiger partial charge is 0.254 e. The van der Waals surface area contributed by atoms with E-state index in [1.807, 2.05) is 11.8 Å². The van der Waals surface area contributed by atoms with E-state index >= 15 is 0 Å². The van der Waals surface area contributed by atoms with Gasteiger partial charge in [0.15, 0.2) is 0 Å². The van der Waals surface area contributed by atoms with E-state index < -0.39 is 5.54 Å². The van der Waals surface area contributed by atoms with Crippen molar-refractivity contribution in [3.8, 4) is 5.75 Å². The number of benzene rings is 1. The third-order valence-electron chi connectivity index (χ3n) is 5.41. The molecule has 2 aliphatic heterocycles. The molecule has 1 spiro atoms. The minimum absolute atomic E-state index is 0.112. The van der Waals surface area contributed by atoms with E-state index in [0.29, 0.717) is 29.5 Å². The van der Waals surface area contributed by atoms with Crippen molar-refractivity contribution in [3.63, 3.8) is 0 Å². The molecule has 1 atom stereocenters. The second-order valence-electron chi connectivity index (χ2n) is 7.07. The van der Waals surface area contributed by atoms with Crippen LogP contribution in [-0.4, -0.2) is 53.4 Å². The molecule has 0 saturated carbocycles. The zero-order valence-corrected chi connectivity index (χ0v) is 16.3. The van der Waals surface area contributed by atoms with Crippen LogP contribution in [0.5, 0.6) is 5.75 Å². The molecule has 26 heavy (non-hydrogen) atoms. The number of likely N-dealkylation sites (tertiary alicyclic amines) is 2. The second kappa shape index (κ2) is 7.87. The Balaban J connectivity index is 1.86. The largest absolute Gasteiger partial charge is 0.492 e. The molecule has 142 valence electrons. The zero-order chi connectivity index (χ0) is 18.7. The number of hydrogen-bond acceptors (Lipinski definition) is 3. The maximum Gasteiger partial charge on any atom is 0.254 e. The van der Waals surface area contributed by atoms with E-state index in [0.717, 1.165) is 45.2 Å². The van der Waals surface area contributed by atoms with Crippen molar-refractivity contribution in [1.29, 1.82) is 0 Å². The predicted octanol–water partition coefficient (Wildman–Crippen LogP) is 3.75. The van der Waals surface area contributed by atoms with Gasteiger partial charge in [0.05, 0.1) is 11.6 Å². The molecule has 2 saturated heterocycles. The summed E-state index contributed by atoms with van der Waals surface area (Å²) >= 11 is 6.26. The molecule has 1 aromatic rings. The number of hydrogen-bond donors (Lipinski definition) is 0. The Morgan fingerprint density at radius 2 is 1.96 bits per heavy atom. The van der Waals surface area contributed by atoms with Gasteiger partial charge in [-0.15, -0.1) is 0 Å². The third kappa shape index (κ3) is 3.29. The fourth-order valence-corrected chi connectivity index (χ4v) is 4.50. The quantitative estimate of drug-likeness (QED) is 0.784. The predicted molar refractivity (Wildman–Crippen MR) is 102 cm³/mol. The number of carbonyl (C=O) groups excluding carboxylic acids is 2.